The van der Waals surface area contributed by atoms with E-state index in [4.69, 9.17) is 33.4 Å². The Hall–Kier alpha value is -1.73. The fourth-order valence-corrected chi connectivity index (χ4v) is 13.0. The smallest absolute Gasteiger partial charge is 0.332 e. The molecule has 16 atom stereocenters. The number of ether oxygens (including phenoxy) is 6. The van der Waals surface area contributed by atoms with Gasteiger partial charge in [0.05, 0.1) is 29.5 Å². The summed E-state index contributed by atoms with van der Waals surface area (Å²) in [5, 5.41) is 16.1. The molecule has 0 spiro atoms. The van der Waals surface area contributed by atoms with Gasteiger partial charge in [0, 0.05) is 55.2 Å². The lowest BCUT2D eigenvalue weighted by Gasteiger charge is -2.51. The Morgan fingerprint density at radius 1 is 0.950 bits per heavy atom. The van der Waals surface area contributed by atoms with E-state index in [9.17, 15) is 18.9 Å². The Labute approximate surface area is 364 Å². The minimum atomic E-state index is -1.83. The number of methoxy groups -OCH3 is 1. The van der Waals surface area contributed by atoms with Gasteiger partial charge in [0.15, 0.2) is 35.4 Å². The number of allylic oxidation sites excluding steroid dienone is 1. The number of thioether (sulfide) groups is 1. The van der Waals surface area contributed by atoms with E-state index >= 15 is 0 Å². The minimum Gasteiger partial charge on any atom is -0.460 e. The number of nitrogens with one attached hydrogen (secondary N) is 1. The normalized spacial score (nSPS) is 45.1. The Morgan fingerprint density at radius 3 is 2.17 bits per heavy atom. The van der Waals surface area contributed by atoms with Crippen molar-refractivity contribution in [1.29, 1.82) is 0 Å². The van der Waals surface area contributed by atoms with Crippen LogP contribution in [0.5, 0.6) is 0 Å². The molecule has 4 fully saturated rings. The Kier molecular flexibility index (Phi) is 14.9. The summed E-state index contributed by atoms with van der Waals surface area (Å²) in [7, 11) is 7.81. The summed E-state index contributed by atoms with van der Waals surface area (Å²) >= 11 is 1.38. The lowest BCUT2D eigenvalue weighted by Crippen LogP contribution is -2.54. The van der Waals surface area contributed by atoms with Crippen molar-refractivity contribution in [3.8, 4) is 0 Å². The molecular formula is C44H72N4O10S2. The van der Waals surface area contributed by atoms with Crippen LogP contribution in [0.15, 0.2) is 27.7 Å². The van der Waals surface area contributed by atoms with Crippen molar-refractivity contribution in [3.05, 3.63) is 22.8 Å². The van der Waals surface area contributed by atoms with Gasteiger partial charge in [-0.15, -0.1) is 11.8 Å². The lowest BCUT2D eigenvalue weighted by molar-refractivity contribution is -0.260. The van der Waals surface area contributed by atoms with Gasteiger partial charge in [-0.1, -0.05) is 32.4 Å². The number of fused-ring (bicyclic) bond motifs is 9. The summed E-state index contributed by atoms with van der Waals surface area (Å²) in [6, 6.07) is -0.325. The van der Waals surface area contributed by atoms with Crippen LogP contribution in [0.4, 0.5) is 0 Å². The molecule has 0 aromatic rings. The van der Waals surface area contributed by atoms with E-state index in [2.05, 4.69) is 63.0 Å². The Morgan fingerprint density at radius 2 is 1.57 bits per heavy atom. The highest BCUT2D eigenvalue weighted by molar-refractivity contribution is 8.14. The molecule has 6 bridgehead atoms. The molecule has 1 saturated carbocycles. The predicted octanol–water partition coefficient (Wildman–Crippen LogP) is 4.76. The molecule has 0 aromatic carbocycles. The van der Waals surface area contributed by atoms with Gasteiger partial charge in [-0.2, -0.15) is 0 Å². The van der Waals surface area contributed by atoms with Crippen molar-refractivity contribution in [2.24, 2.45) is 22.2 Å². The molecule has 14 nitrogen and oxygen atoms in total. The second-order valence-electron chi connectivity index (χ2n) is 19.4. The second-order valence-corrected chi connectivity index (χ2v) is 21.9. The molecule has 0 radical (unpaired) electrons. The van der Waals surface area contributed by atoms with E-state index < -0.39 is 75.4 Å². The highest BCUT2D eigenvalue weighted by Crippen LogP contribution is 2.49. The number of carbonyl (C=O) groups excluding carboxylic acids is 2. The van der Waals surface area contributed by atoms with E-state index in [1.54, 1.807) is 6.92 Å². The zero-order valence-corrected chi connectivity index (χ0v) is 39.7. The first-order chi connectivity index (χ1) is 28.1. The number of likely N-dealkylation sites (N-methyl/N-ethyl adjacent to an activating group) is 2. The molecule has 60 heavy (non-hydrogen) atoms. The molecule has 3 saturated heterocycles. The summed E-state index contributed by atoms with van der Waals surface area (Å²) in [5.41, 5.74) is -3.21. The van der Waals surface area contributed by atoms with Gasteiger partial charge in [-0.05, 0) is 101 Å². The summed E-state index contributed by atoms with van der Waals surface area (Å²) in [5.74, 6) is -0.671. The van der Waals surface area contributed by atoms with Crippen molar-refractivity contribution < 1.29 is 47.3 Å². The summed E-state index contributed by atoms with van der Waals surface area (Å²) in [6.07, 6.45) is 4.30. The number of hydrogen-bond donors (Lipinski definition) is 2. The van der Waals surface area contributed by atoms with Crippen molar-refractivity contribution in [2.75, 3.05) is 41.1 Å². The minimum absolute atomic E-state index is 0.0151. The van der Waals surface area contributed by atoms with Crippen molar-refractivity contribution in [3.63, 3.8) is 0 Å². The first-order valence-corrected chi connectivity index (χ1v) is 24.0. The maximum atomic E-state index is 14.6. The van der Waals surface area contributed by atoms with Crippen LogP contribution in [0.2, 0.25) is 0 Å². The quantitative estimate of drug-likeness (QED) is 0.267. The van der Waals surface area contributed by atoms with Gasteiger partial charge in [-0.3, -0.25) is 9.79 Å². The molecule has 7 aliphatic rings. The molecule has 6 aliphatic heterocycles. The van der Waals surface area contributed by atoms with Crippen molar-refractivity contribution in [1.82, 2.24) is 15.1 Å². The number of ketones is 1. The van der Waals surface area contributed by atoms with Gasteiger partial charge in [0.25, 0.3) is 0 Å². The summed E-state index contributed by atoms with van der Waals surface area (Å²) in [4.78, 5) is 37.9. The highest BCUT2D eigenvalue weighted by atomic mass is 32.2. The standard InChI is InChI=1S/C44H72N4O10S2/c1-24-14-17-33(49)44(8,58-38-19-16-31(48(11)12)27(4)55-38)34(50)22-36-46-43(7,41(53-13)60(36)52)40-45-29(23-59-40)39(51)57-35-21-32(28(20-24)25(2)42(35,5)6)56-37-18-15-30(47(9)10)26(3)54-37/h20,22,25-33,35,37-38,41,46,49H,14-19,21,23H2,1-13H3/b24-20-,36-22?/t25-,26-,27-,28-,29+,30+,31+,32-,33-,35-,37+,38+,41+,43+,44-,60?/m1/s1. The first-order valence-electron chi connectivity index (χ1n) is 21.8. The number of aliphatic hydroxyl groups is 1. The molecule has 0 amide bonds. The van der Waals surface area contributed by atoms with Crippen LogP contribution in [0, 0.1) is 17.3 Å². The van der Waals surface area contributed by atoms with Crippen LogP contribution in [0.3, 0.4) is 0 Å². The number of aliphatic imine (C=N–C) groups is 1. The monoisotopic (exact) mass is 880 g/mol. The molecule has 1 aliphatic carbocycles. The third-order valence-electron chi connectivity index (χ3n) is 14.5. The van der Waals surface area contributed by atoms with E-state index in [1.165, 1.54) is 24.9 Å². The van der Waals surface area contributed by atoms with E-state index in [1.807, 2.05) is 34.9 Å². The van der Waals surface area contributed by atoms with Gasteiger partial charge in [0.2, 0.25) is 0 Å². The first kappa shape index (κ1) is 47.7. The van der Waals surface area contributed by atoms with E-state index in [0.717, 1.165) is 24.8 Å². The number of aliphatic hydroxyl groups excluding tert-OH is 1. The molecular weight excluding hydrogens is 809 g/mol. The summed E-state index contributed by atoms with van der Waals surface area (Å²) in [6.45, 7) is 16.0. The summed E-state index contributed by atoms with van der Waals surface area (Å²) < 4.78 is 52.7. The van der Waals surface area contributed by atoms with E-state index in [0.29, 0.717) is 30.1 Å². The Bertz CT molecular complexity index is 1710. The Balaban J connectivity index is 1.37. The molecule has 1 unspecified atom stereocenters. The maximum Gasteiger partial charge on any atom is 0.332 e. The topological polar surface area (TPSA) is 158 Å². The number of rotatable bonds is 7. The van der Waals surface area contributed by atoms with Gasteiger partial charge < -0.3 is 48.6 Å². The van der Waals surface area contributed by atoms with Crippen LogP contribution >= 0.6 is 11.8 Å². The number of esters is 1. The lowest BCUT2D eigenvalue weighted by atomic mass is 9.61. The molecule has 16 heteroatoms. The number of carbonyl (C=O) groups is 2. The molecule has 0 aromatic heterocycles. The number of nitrogens with zero attached hydrogens (tertiary/aromatic N) is 3. The van der Waals surface area contributed by atoms with Gasteiger partial charge >= 0.3 is 5.97 Å². The van der Waals surface area contributed by atoms with Gasteiger partial charge in [0.1, 0.15) is 27.5 Å². The number of hydrogen-bond acceptors (Lipinski definition) is 15. The molecule has 340 valence electrons. The fraction of sp³-hybridized carbons (Fsp3) is 0.841. The molecule has 2 N–H and O–H groups in total. The second kappa shape index (κ2) is 18.8. The molecule has 7 rings (SSSR count). The van der Waals surface area contributed by atoms with Gasteiger partial charge in [-0.25, -0.2) is 9.00 Å². The largest absolute Gasteiger partial charge is 0.460 e. The van der Waals surface area contributed by atoms with Crippen LogP contribution in [-0.4, -0.2) is 155 Å². The van der Waals surface area contributed by atoms with Crippen LogP contribution in [0.25, 0.3) is 0 Å². The van der Waals surface area contributed by atoms with Crippen molar-refractivity contribution in [2.45, 2.75) is 178 Å². The third kappa shape index (κ3) is 9.53. The van der Waals surface area contributed by atoms with Crippen molar-refractivity contribution >= 4 is 39.4 Å². The highest BCUT2D eigenvalue weighted by Gasteiger charge is 2.55. The fourth-order valence-electron chi connectivity index (χ4n) is 10.1. The van der Waals surface area contributed by atoms with E-state index in [-0.39, 0.29) is 53.7 Å². The zero-order chi connectivity index (χ0) is 44.1. The average Bonchev–Trinajstić information content (AvgIpc) is 3.77. The van der Waals surface area contributed by atoms with Crippen LogP contribution in [0.1, 0.15) is 100 Å². The average molecular weight is 881 g/mol. The molecule has 6 heterocycles. The predicted molar refractivity (Wildman–Crippen MR) is 234 cm³/mol. The third-order valence-corrected chi connectivity index (χ3v) is 17.5. The zero-order valence-electron chi connectivity index (χ0n) is 38.1. The maximum absolute atomic E-state index is 14.6. The van der Waals surface area contributed by atoms with Crippen LogP contribution < -0.4 is 5.32 Å². The SMILES string of the molecule is CO[C@H]1S(=O)C2=CC(=O)[C@](C)(O[C@H]3CC[C@H](N(C)C)[C@@H](C)O3)[C@H](O)CC/C(C)=C\[C@@H]3[C@@H](C)C(C)(C)[C@@H](C[C@H]3O[C@H]3CC[C@H](N(C)C)[C@@H](C)O3)OC(=O)[C@@H]3CSC(=N3)[C@]1(C)N2. The van der Waals surface area contributed by atoms with Crippen LogP contribution in [-0.2, 0) is 48.8 Å².